The number of aliphatic carboxylic acids is 1. The maximum Gasteiger partial charge on any atom is 1.00 e. The van der Waals surface area contributed by atoms with E-state index in [1.807, 2.05) is 45.0 Å². The van der Waals surface area contributed by atoms with Crippen molar-refractivity contribution in [3.05, 3.63) is 169 Å². The molecule has 1 spiro atoms. The molecule has 4 aromatic carbocycles. The first-order chi connectivity index (χ1) is 56.4. The molecular formula is C89H134BBrN4Na2O23. The number of allylic oxidation sites excluding steroid dienone is 1. The second-order valence-corrected chi connectivity index (χ2v) is 30.4. The summed E-state index contributed by atoms with van der Waals surface area (Å²) in [6, 6.07) is 41.9. The van der Waals surface area contributed by atoms with Crippen LogP contribution in [0.3, 0.4) is 0 Å². The molecule has 2 radical (unpaired) electrons. The Bertz CT molecular complexity index is 3390. The number of rotatable bonds is 25. The molecule has 660 valence electrons. The van der Waals surface area contributed by atoms with Gasteiger partial charge in [0.2, 0.25) is 0 Å². The number of morpholine rings is 1. The molecule has 2 heterocycles. The topological polar surface area (TPSA) is 343 Å². The number of ether oxygens (including phenoxy) is 9. The second kappa shape index (κ2) is 65.0. The number of likely N-dealkylation sites (tertiary alicyclic amines) is 1. The molecule has 2 amide bonds. The minimum Gasteiger partial charge on any atom is -1.00 e. The van der Waals surface area contributed by atoms with Gasteiger partial charge in [-0.1, -0.05) is 175 Å². The number of nitrogens with zero attached hydrogens (tertiary/aromatic N) is 2. The van der Waals surface area contributed by atoms with Crippen molar-refractivity contribution >= 4 is 83.7 Å². The number of piperidine rings is 1. The number of hydrogen-bond donors (Lipinski definition) is 4. The number of methoxy groups -OCH3 is 4. The zero-order valence-electron chi connectivity index (χ0n) is 74.3. The van der Waals surface area contributed by atoms with Crippen molar-refractivity contribution in [2.45, 2.75) is 243 Å². The van der Waals surface area contributed by atoms with E-state index >= 15 is 0 Å². The Morgan fingerprint density at radius 3 is 1.24 bits per heavy atom. The number of carboxylic acids is 1. The van der Waals surface area contributed by atoms with Gasteiger partial charge < -0.3 is 83.9 Å². The molecule has 6 aliphatic rings. The number of esters is 4. The molecule has 120 heavy (non-hydrogen) atoms. The van der Waals surface area contributed by atoms with Crippen LogP contribution in [0.15, 0.2) is 147 Å². The zero-order valence-corrected chi connectivity index (χ0v) is 78.8. The number of aliphatic hydroxyl groups is 1. The Morgan fingerprint density at radius 2 is 0.917 bits per heavy atom. The molecule has 0 unspecified atom stereocenters. The fraction of sp³-hybridized carbons (Fsp3) is 0.573. The van der Waals surface area contributed by atoms with Gasteiger partial charge in [-0.25, -0.2) is 24.0 Å². The van der Waals surface area contributed by atoms with E-state index in [4.69, 9.17) is 47.8 Å². The van der Waals surface area contributed by atoms with Crippen LogP contribution < -0.4 is 69.7 Å². The van der Waals surface area contributed by atoms with E-state index in [1.165, 1.54) is 71.0 Å². The average Bonchev–Trinajstić information content (AvgIpc) is 0.803. The molecule has 27 nitrogen and oxygen atoms in total. The molecule has 31 heteroatoms. The third-order valence-corrected chi connectivity index (χ3v) is 19.8. The van der Waals surface area contributed by atoms with E-state index in [2.05, 4.69) is 156 Å². The Balaban J connectivity index is -0.00000136. The molecule has 6 fully saturated rings. The summed E-state index contributed by atoms with van der Waals surface area (Å²) in [5.41, 5.74) is 0.501. The minimum absolute atomic E-state index is 0. The van der Waals surface area contributed by atoms with Crippen LogP contribution in [0.1, 0.15) is 208 Å². The summed E-state index contributed by atoms with van der Waals surface area (Å²) in [7, 11) is 6.23. The second-order valence-electron chi connectivity index (χ2n) is 29.7. The fourth-order valence-corrected chi connectivity index (χ4v) is 13.4. The third kappa shape index (κ3) is 46.7. The Labute approximate surface area is 768 Å². The zero-order chi connectivity index (χ0) is 87.6. The van der Waals surface area contributed by atoms with Crippen LogP contribution in [-0.4, -0.2) is 208 Å². The van der Waals surface area contributed by atoms with Gasteiger partial charge in [-0.05, 0) is 146 Å². The molecule has 0 atom stereocenters. The smallest absolute Gasteiger partial charge is 1.00 e. The molecule has 4 aliphatic carbocycles. The van der Waals surface area contributed by atoms with Crippen LogP contribution in [0.4, 0.5) is 4.79 Å². The number of nitrogens with one attached hydrogen (secondary N) is 2. The summed E-state index contributed by atoms with van der Waals surface area (Å²) in [5, 5.41) is 24.2. The van der Waals surface area contributed by atoms with E-state index in [9.17, 15) is 48.3 Å². The standard InChI is InChI=1S/C24H31NO3.C14H15N.C13H22N2O4.C11H18O3.C10H16O4.C8H14O3.C4H6BO4.C3H5Br.C2H4O2.2Na.H2.H/c1-27-23(26)24(15-9-4-10-16-24)28-18-17-25(19-21-11-5-2-6-12-21)20-22-13-7-3-8-14-22;1-3-7-13(8-4-1)11-15-12-14-9-5-2-6-10-14;1-12(2,3)19-11(17)15-7-4-13(5-8-15)10(16)14-6-9-18-13;1-3-9-14-11(10(12)13-2)7-5-4-6-8-11;1-13-9(12)10(14-8-7-11)5-3-2-4-6-10;1-11-7(9)8(10)5-3-2-4-6-8;1-3(6)8-5-9-4(2)7;1-2-3-4;1-2(3)4;;;;/h2-3,5-8,11-14H,4,9-10,15-20H2,1H3;1-10,15H,11-12H2;4-9H2,1-3H3,(H,14,16);3H,1,4-9H2,2H3;7H,2-6,8H2,1H3;10H,2-6H2,1H3;1-2H3;2H,1,3H2;1H3,(H,3,4);;;1H;/q;;;;;;-1;;;2*+1;;-1. The first-order valence-corrected chi connectivity index (χ1v) is 41.6. The number of carbonyl (C=O) groups is 10. The van der Waals surface area contributed by atoms with Gasteiger partial charge in [0.25, 0.3) is 23.8 Å². The fourth-order valence-electron chi connectivity index (χ4n) is 13.4. The van der Waals surface area contributed by atoms with Gasteiger partial charge in [0, 0.05) is 92.7 Å². The Hall–Kier alpha value is -6.68. The SMILES string of the molecule is C=CCBr.C=CCOC1(C(=O)OC)CCCCC1.CC(=O)O.CC(=O)O[B-]OC(C)=O.CC(C)(C)OC(=O)N1CCC2(CC1)OCCNC2=O.COC(=O)C1(O)CCCCC1.COC(=O)C1(OCC=O)CCCCC1.COC(=O)C1(OCCN(Cc2ccccc2)Cc2ccccc2)CCCCC1.[H-].[HH].[Na+].[Na+].c1ccc(CNCc2ccccc2)cc1. The average molecular weight is 1760 g/mol. The van der Waals surface area contributed by atoms with Crippen LogP contribution in [0, 0.1) is 0 Å². The molecule has 4 saturated carbocycles. The first kappa shape index (κ1) is 113. The molecule has 2 saturated heterocycles. The van der Waals surface area contributed by atoms with Gasteiger partial charge in [0.05, 0.1) is 48.3 Å². The largest absolute Gasteiger partial charge is 1.00 e. The van der Waals surface area contributed by atoms with Gasteiger partial charge in [-0.3, -0.25) is 24.1 Å². The summed E-state index contributed by atoms with van der Waals surface area (Å²) >= 11 is 3.13. The minimum atomic E-state index is -1.17. The number of aldehydes is 1. The number of halogens is 1. The van der Waals surface area contributed by atoms with Crippen molar-refractivity contribution in [1.29, 1.82) is 0 Å². The van der Waals surface area contributed by atoms with Gasteiger partial charge in [-0.2, -0.15) is 0 Å². The molecule has 0 aromatic heterocycles. The van der Waals surface area contributed by atoms with Gasteiger partial charge in [0.1, 0.15) is 31.8 Å². The summed E-state index contributed by atoms with van der Waals surface area (Å²) in [6.45, 7) is 23.3. The van der Waals surface area contributed by atoms with Gasteiger partial charge in [0.15, 0.2) is 22.4 Å². The number of carbonyl (C=O) groups excluding carboxylic acids is 9. The van der Waals surface area contributed by atoms with Crippen LogP contribution in [0.5, 0.6) is 0 Å². The molecule has 0 bridgehead atoms. The van der Waals surface area contributed by atoms with Crippen LogP contribution in [0.25, 0.3) is 0 Å². The number of carboxylic acid groups (broad SMARTS) is 1. The van der Waals surface area contributed by atoms with Gasteiger partial charge in [-0.15, -0.1) is 13.2 Å². The maximum atomic E-state index is 12.4. The van der Waals surface area contributed by atoms with Crippen LogP contribution in [-0.2, 0) is 121 Å². The summed E-state index contributed by atoms with van der Waals surface area (Å²) in [4.78, 5) is 114. The van der Waals surface area contributed by atoms with Crippen LogP contribution >= 0.6 is 15.9 Å². The van der Waals surface area contributed by atoms with Gasteiger partial charge >= 0.3 is 89.1 Å². The number of hydrogen-bond acceptors (Lipinski definition) is 24. The molecular weight excluding hydrogens is 1630 g/mol. The van der Waals surface area contributed by atoms with Crippen LogP contribution in [0.2, 0.25) is 0 Å². The third-order valence-electron chi connectivity index (χ3n) is 19.4. The van der Waals surface area contributed by atoms with E-state index in [0.717, 1.165) is 141 Å². The van der Waals surface area contributed by atoms with E-state index in [0.29, 0.717) is 92.0 Å². The predicted octanol–water partition coefficient (Wildman–Crippen LogP) is 8.13. The molecule has 4 N–H and O–H groups in total. The normalized spacial score (nSPS) is 16.5. The van der Waals surface area contributed by atoms with Crippen molar-refractivity contribution in [3.8, 4) is 0 Å². The van der Waals surface area contributed by atoms with Crippen molar-refractivity contribution in [1.82, 2.24) is 20.4 Å². The van der Waals surface area contributed by atoms with Crippen molar-refractivity contribution < 1.29 is 172 Å². The van der Waals surface area contributed by atoms with Crippen molar-refractivity contribution in [2.75, 3.05) is 86.4 Å². The maximum absolute atomic E-state index is 12.4. The predicted molar refractivity (Wildman–Crippen MR) is 457 cm³/mol. The summed E-state index contributed by atoms with van der Waals surface area (Å²) in [6.07, 6.45) is 22.8. The summed E-state index contributed by atoms with van der Waals surface area (Å²) in [5.74, 6) is -3.20. The molecule has 10 rings (SSSR count). The van der Waals surface area contributed by atoms with E-state index in [-0.39, 0.29) is 98.5 Å². The first-order valence-electron chi connectivity index (χ1n) is 40.5. The van der Waals surface area contributed by atoms with Crippen molar-refractivity contribution in [3.63, 3.8) is 0 Å². The van der Waals surface area contributed by atoms with Crippen molar-refractivity contribution in [2.24, 2.45) is 0 Å². The molecule has 2 aliphatic heterocycles. The Morgan fingerprint density at radius 1 is 0.567 bits per heavy atom. The summed E-state index contributed by atoms with van der Waals surface area (Å²) < 4.78 is 55.5. The molecule has 4 aromatic rings. The quantitative estimate of drug-likeness (QED) is 0.0121. The number of benzene rings is 4. The number of alkyl halides is 1. The van der Waals surface area contributed by atoms with E-state index < -0.39 is 57.5 Å². The number of amides is 2. The monoisotopic (exact) mass is 1760 g/mol. The van der Waals surface area contributed by atoms with E-state index in [1.54, 1.807) is 17.1 Å². The Kier molecular flexibility index (Phi) is 61.4.